The second-order valence-corrected chi connectivity index (χ2v) is 0.848. The molecule has 0 heterocycles. The fourth-order valence-electron chi connectivity index (χ4n) is 0. The third-order valence-electron chi connectivity index (χ3n) is 0. The van der Waals surface area contributed by atoms with Gasteiger partial charge < -0.3 is 9.59 Å². The van der Waals surface area contributed by atoms with Crippen molar-refractivity contribution in [2.45, 2.75) is 0 Å². The zero-order chi connectivity index (χ0) is 3.58. The molecule has 0 unspecified atom stereocenters. The van der Waals surface area contributed by atoms with E-state index in [9.17, 15) is 0 Å². The van der Waals surface area contributed by atoms with Gasteiger partial charge in [0, 0.05) is 32.7 Å². The predicted octanol–water partition coefficient (Wildman–Crippen LogP) is -2.53. The van der Waals surface area contributed by atoms with Crippen LogP contribution in [0.25, 0.3) is 0 Å². The fraction of sp³-hybridized carbons (Fsp3) is 0. The topological polar surface area (TPSA) is 57.5 Å². The van der Waals surface area contributed by atoms with Crippen molar-refractivity contribution in [3.8, 4) is 0 Å². The molecule has 1 radical (unpaired) electrons. The molecule has 0 aromatic carbocycles. The van der Waals surface area contributed by atoms with Crippen molar-refractivity contribution >= 4 is 32.2 Å². The van der Waals surface area contributed by atoms with Crippen molar-refractivity contribution in [2.24, 2.45) is 0 Å². The van der Waals surface area contributed by atoms with Gasteiger partial charge in [0.1, 0.15) is 0 Å². The van der Waals surface area contributed by atoms with Gasteiger partial charge in [-0.05, 0) is 0 Å². The number of hydrogen-bond acceptors (Lipinski definition) is 1. The molecule has 0 aliphatic rings. The minimum atomic E-state index is -3.13. The summed E-state index contributed by atoms with van der Waals surface area (Å²) >= 11 is 0. The Hall–Kier alpha value is 1.49. The minimum Gasteiger partial charge on any atom is -0.511 e. The normalized spacial score (nSPS) is 4.00. The van der Waals surface area contributed by atoms with E-state index < -0.39 is 9.17 Å². The SMILES string of the molecule is O=[Si](O)O.[MgH2].[Y]. The second kappa shape index (κ2) is 9.70. The van der Waals surface area contributed by atoms with Crippen molar-refractivity contribution in [3.63, 3.8) is 0 Å². The summed E-state index contributed by atoms with van der Waals surface area (Å²) in [5.74, 6) is 0. The van der Waals surface area contributed by atoms with E-state index in [0.717, 1.165) is 0 Å². The van der Waals surface area contributed by atoms with Crippen LogP contribution in [0, 0.1) is 0 Å². The molecular formula is H4MgO3SiY. The van der Waals surface area contributed by atoms with Crippen LogP contribution in [0.2, 0.25) is 0 Å². The zero-order valence-electron chi connectivity index (χ0n) is 2.38. The first-order chi connectivity index (χ1) is 1.73. The molecule has 0 aromatic rings. The third kappa shape index (κ3) is 50.0. The predicted molar refractivity (Wildman–Crippen MR) is 19.4 cm³/mol. The van der Waals surface area contributed by atoms with Crippen LogP contribution in [0.15, 0.2) is 0 Å². The van der Waals surface area contributed by atoms with E-state index >= 15 is 0 Å². The van der Waals surface area contributed by atoms with E-state index in [1.807, 2.05) is 0 Å². The Kier molecular flexibility index (Phi) is 25.3. The third-order valence-corrected chi connectivity index (χ3v) is 0. The average molecular weight is 193 g/mol. The van der Waals surface area contributed by atoms with E-state index in [0.29, 0.717) is 0 Å². The molecule has 0 fully saturated rings. The fourth-order valence-corrected chi connectivity index (χ4v) is 0. The van der Waals surface area contributed by atoms with Gasteiger partial charge in [0.05, 0.1) is 0 Å². The largest absolute Gasteiger partial charge is 0.761 e. The Balaban J connectivity index is -0.0000000450. The molecule has 0 rings (SSSR count). The Morgan fingerprint density at radius 3 is 1.33 bits per heavy atom. The molecule has 2 N–H and O–H groups in total. The van der Waals surface area contributed by atoms with Crippen LogP contribution >= 0.6 is 0 Å². The maximum Gasteiger partial charge on any atom is 0.761 e. The molecule has 0 aliphatic heterocycles. The Bertz CT molecular complexity index is 33.8. The molecule has 0 atom stereocenters. The molecule has 0 spiro atoms. The van der Waals surface area contributed by atoms with Crippen LogP contribution < -0.4 is 0 Å². The molecule has 0 saturated heterocycles. The van der Waals surface area contributed by atoms with Gasteiger partial charge in [0.2, 0.25) is 0 Å². The standard InChI is InChI=1S/Mg.H2O3Si.Y.2H/c;1-4(2)3;;;/h;1-2H;;;. The quantitative estimate of drug-likeness (QED) is 0.417. The molecule has 0 bridgehead atoms. The van der Waals surface area contributed by atoms with Gasteiger partial charge in [-0.15, -0.1) is 0 Å². The van der Waals surface area contributed by atoms with Crippen molar-refractivity contribution in [3.05, 3.63) is 0 Å². The van der Waals surface area contributed by atoms with E-state index in [1.54, 1.807) is 0 Å². The van der Waals surface area contributed by atoms with Crippen LogP contribution in [-0.2, 0) is 37.2 Å². The van der Waals surface area contributed by atoms with Crippen molar-refractivity contribution < 1.29 is 46.8 Å². The minimum absolute atomic E-state index is 0. The van der Waals surface area contributed by atoms with E-state index in [1.165, 1.54) is 0 Å². The van der Waals surface area contributed by atoms with Gasteiger partial charge in [-0.25, -0.2) is 0 Å². The van der Waals surface area contributed by atoms with Gasteiger partial charge >= 0.3 is 32.2 Å². The van der Waals surface area contributed by atoms with E-state index in [2.05, 4.69) is 0 Å². The molecule has 31 valence electrons. The summed E-state index contributed by atoms with van der Waals surface area (Å²) < 4.78 is 8.74. The monoisotopic (exact) mass is 193 g/mol. The molecule has 0 aliphatic carbocycles. The summed E-state index contributed by atoms with van der Waals surface area (Å²) in [5.41, 5.74) is 0. The summed E-state index contributed by atoms with van der Waals surface area (Å²) in [6, 6.07) is 0. The second-order valence-electron chi connectivity index (χ2n) is 0.283. The Labute approximate surface area is 78.1 Å². The van der Waals surface area contributed by atoms with Crippen LogP contribution in [0.1, 0.15) is 0 Å². The number of rotatable bonds is 0. The maximum absolute atomic E-state index is 8.74. The van der Waals surface area contributed by atoms with Crippen LogP contribution in [0.4, 0.5) is 0 Å². The van der Waals surface area contributed by atoms with Crippen LogP contribution in [-0.4, -0.2) is 41.8 Å². The van der Waals surface area contributed by atoms with Crippen LogP contribution in [0.3, 0.4) is 0 Å². The molecule has 6 heavy (non-hydrogen) atoms. The smallest absolute Gasteiger partial charge is 0.511 e. The van der Waals surface area contributed by atoms with E-state index in [-0.39, 0.29) is 55.8 Å². The van der Waals surface area contributed by atoms with Gasteiger partial charge in [-0.3, -0.25) is 4.46 Å². The van der Waals surface area contributed by atoms with Crippen molar-refractivity contribution in [1.29, 1.82) is 0 Å². The summed E-state index contributed by atoms with van der Waals surface area (Å²) in [4.78, 5) is 14.3. The molecule has 3 nitrogen and oxygen atoms in total. The van der Waals surface area contributed by atoms with Gasteiger partial charge in [-0.1, -0.05) is 0 Å². The average Bonchev–Trinajstić information content (AvgIpc) is 0.811. The summed E-state index contributed by atoms with van der Waals surface area (Å²) in [7, 11) is -3.13. The molecule has 0 amide bonds. The molecule has 0 aromatic heterocycles. The Morgan fingerprint density at radius 1 is 1.33 bits per heavy atom. The number of hydrogen-bond donors (Lipinski definition) is 2. The summed E-state index contributed by atoms with van der Waals surface area (Å²) in [6.07, 6.45) is 0. The van der Waals surface area contributed by atoms with E-state index in [4.69, 9.17) is 14.1 Å². The van der Waals surface area contributed by atoms with Gasteiger partial charge in [0.25, 0.3) is 0 Å². The first-order valence-electron chi connectivity index (χ1n) is 0.651. The maximum atomic E-state index is 8.74. The molecule has 0 saturated carbocycles. The van der Waals surface area contributed by atoms with Crippen molar-refractivity contribution in [2.75, 3.05) is 0 Å². The summed E-state index contributed by atoms with van der Waals surface area (Å²) in [5, 5.41) is 0. The summed E-state index contributed by atoms with van der Waals surface area (Å²) in [6.45, 7) is 0. The van der Waals surface area contributed by atoms with Crippen LogP contribution in [0.5, 0.6) is 0 Å². The molecule has 6 heteroatoms. The molecular weight excluding hydrogens is 189 g/mol. The zero-order valence-corrected chi connectivity index (χ0v) is 6.22. The first kappa shape index (κ1) is 15.6. The van der Waals surface area contributed by atoms with Crippen molar-refractivity contribution in [1.82, 2.24) is 0 Å². The first-order valence-corrected chi connectivity index (χ1v) is 1.95. The van der Waals surface area contributed by atoms with Gasteiger partial charge in [-0.2, -0.15) is 0 Å². The Morgan fingerprint density at radius 2 is 1.33 bits per heavy atom. The van der Waals surface area contributed by atoms with Gasteiger partial charge in [0.15, 0.2) is 0 Å².